The summed E-state index contributed by atoms with van der Waals surface area (Å²) in [6.07, 6.45) is 1.44. The number of nitrogens with zero attached hydrogens (tertiary/aromatic N) is 3. The molecule has 1 amide bonds. The Kier molecular flexibility index (Phi) is 8.79. The zero-order valence-corrected chi connectivity index (χ0v) is 21.2. The molecule has 0 saturated carbocycles. The number of likely N-dealkylation sites (N-methyl/N-ethyl adjacent to an activating group) is 1. The first kappa shape index (κ1) is 26.6. The number of nitrogen functional groups attached to an aromatic ring is 1. The summed E-state index contributed by atoms with van der Waals surface area (Å²) in [4.78, 5) is 21.6. The maximum Gasteiger partial charge on any atom is 0.278 e. The number of hydrogen-bond donors (Lipinski definition) is 2. The zero-order chi connectivity index (χ0) is 26.3. The number of aromatic nitrogens is 2. The van der Waals surface area contributed by atoms with Crippen LogP contribution in [0.25, 0.3) is 11.3 Å². The van der Waals surface area contributed by atoms with Crippen LogP contribution in [-0.2, 0) is 30.8 Å². The molecule has 0 atom stereocenters. The normalized spacial score (nSPS) is 18.0. The largest absolute Gasteiger partial charge is 0.382 e. The van der Waals surface area contributed by atoms with Crippen LogP contribution in [0.15, 0.2) is 59.6 Å². The lowest BCUT2D eigenvalue weighted by Gasteiger charge is -2.17. The molecule has 0 fully saturated rings. The average Bonchev–Trinajstić information content (AvgIpc) is 2.89. The number of nitrogens with two attached hydrogens (primary N) is 1. The molecule has 0 aliphatic carbocycles. The van der Waals surface area contributed by atoms with Gasteiger partial charge in [0.1, 0.15) is 0 Å². The van der Waals surface area contributed by atoms with Crippen LogP contribution < -0.4 is 11.1 Å². The highest BCUT2D eigenvalue weighted by Gasteiger charge is 2.21. The third-order valence-electron chi connectivity index (χ3n) is 5.62. The van der Waals surface area contributed by atoms with Crippen molar-refractivity contribution in [3.63, 3.8) is 0 Å². The first-order valence-electron chi connectivity index (χ1n) is 11.7. The van der Waals surface area contributed by atoms with Crippen LogP contribution in [0.5, 0.6) is 0 Å². The van der Waals surface area contributed by atoms with E-state index in [0.717, 1.165) is 5.56 Å². The molecule has 37 heavy (non-hydrogen) atoms. The Morgan fingerprint density at radius 1 is 0.973 bits per heavy atom. The van der Waals surface area contributed by atoms with Gasteiger partial charge in [0, 0.05) is 24.8 Å². The van der Waals surface area contributed by atoms with E-state index >= 15 is 0 Å². The van der Waals surface area contributed by atoms with Crippen molar-refractivity contribution in [3.8, 4) is 11.3 Å². The molecule has 11 nitrogen and oxygen atoms in total. The molecule has 5 rings (SSSR count). The van der Waals surface area contributed by atoms with E-state index < -0.39 is 15.9 Å². The first-order chi connectivity index (χ1) is 17.8. The molecule has 1 aromatic heterocycles. The predicted molar refractivity (Wildman–Crippen MR) is 137 cm³/mol. The summed E-state index contributed by atoms with van der Waals surface area (Å²) in [5, 5.41) is 2.79. The summed E-state index contributed by atoms with van der Waals surface area (Å²) in [6.45, 7) is 2.25. The van der Waals surface area contributed by atoms with Gasteiger partial charge in [-0.1, -0.05) is 24.3 Å². The van der Waals surface area contributed by atoms with E-state index in [0.29, 0.717) is 50.0 Å². The summed E-state index contributed by atoms with van der Waals surface area (Å²) in [5.41, 5.74) is 8.30. The molecule has 0 saturated heterocycles. The minimum atomic E-state index is -3.71. The average molecular weight is 528 g/mol. The van der Waals surface area contributed by atoms with Gasteiger partial charge in [0.2, 0.25) is 10.0 Å². The van der Waals surface area contributed by atoms with E-state index in [9.17, 15) is 13.2 Å². The lowest BCUT2D eigenvalue weighted by molar-refractivity contribution is 0.00984. The first-order valence-corrected chi connectivity index (χ1v) is 13.1. The molecule has 0 unspecified atom stereocenters. The molecule has 12 heteroatoms. The molecular weight excluding hydrogens is 498 g/mol. The Balaban J connectivity index is 1.60. The maximum absolute atomic E-state index is 13.0. The van der Waals surface area contributed by atoms with Crippen molar-refractivity contribution in [3.05, 3.63) is 66.0 Å². The van der Waals surface area contributed by atoms with Gasteiger partial charge in [0.15, 0.2) is 11.5 Å². The van der Waals surface area contributed by atoms with Gasteiger partial charge in [-0.15, -0.1) is 0 Å². The molecule has 2 aliphatic heterocycles. The number of ether oxygens (including phenoxy) is 3. The van der Waals surface area contributed by atoms with Crippen molar-refractivity contribution in [2.24, 2.45) is 0 Å². The Morgan fingerprint density at radius 2 is 1.68 bits per heavy atom. The minimum absolute atomic E-state index is 0.0229. The van der Waals surface area contributed by atoms with Gasteiger partial charge < -0.3 is 25.3 Å². The highest BCUT2D eigenvalue weighted by atomic mass is 32.2. The lowest BCUT2D eigenvalue weighted by Crippen LogP contribution is -2.30. The minimum Gasteiger partial charge on any atom is -0.382 e. The number of benzene rings is 2. The van der Waals surface area contributed by atoms with Crippen molar-refractivity contribution in [2.75, 3.05) is 57.7 Å². The van der Waals surface area contributed by atoms with Crippen molar-refractivity contribution in [2.45, 2.75) is 11.5 Å². The molecule has 3 aromatic rings. The molecule has 196 valence electrons. The third-order valence-corrected chi connectivity index (χ3v) is 7.49. The Labute approximate surface area is 215 Å². The highest BCUT2D eigenvalue weighted by Crippen LogP contribution is 2.23. The highest BCUT2D eigenvalue weighted by molar-refractivity contribution is 7.89. The van der Waals surface area contributed by atoms with E-state index in [-0.39, 0.29) is 29.6 Å². The number of fused-ring (bicyclic) bond motifs is 14. The quantitative estimate of drug-likeness (QED) is 0.420. The molecule has 3 N–H and O–H groups in total. The van der Waals surface area contributed by atoms with E-state index in [4.69, 9.17) is 19.9 Å². The fraction of sp³-hybridized carbons (Fsp3) is 0.320. The second-order valence-electron chi connectivity index (χ2n) is 8.27. The fourth-order valence-electron chi connectivity index (χ4n) is 3.55. The van der Waals surface area contributed by atoms with Crippen molar-refractivity contribution < 1.29 is 27.4 Å². The maximum atomic E-state index is 13.0. The standard InChI is InChI=1S/C25H29N5O6S/c1-30-9-10-34-11-12-35-13-14-36-17-18-3-2-4-20(15-18)28-25(31)23-24(26)27-16-22(29-23)19-5-7-21(8-6-19)37(30,32)33/h2-8,15-16H,9-14,17H2,1H3,(H2,26,27)(H,28,31). The Hall–Kier alpha value is -3.42. The van der Waals surface area contributed by atoms with Crippen LogP contribution in [-0.4, -0.2) is 75.2 Å². The number of anilines is 2. The van der Waals surface area contributed by atoms with E-state index in [1.165, 1.54) is 29.7 Å². The summed E-state index contributed by atoms with van der Waals surface area (Å²) >= 11 is 0. The smallest absolute Gasteiger partial charge is 0.278 e. The SMILES string of the molecule is CN1CCOCCOCCOCc2cccc(c2)NC(=O)c2nc(cnc2N)-c2ccc(cc2)S1(=O)=O. The van der Waals surface area contributed by atoms with Gasteiger partial charge in [-0.2, -0.15) is 4.31 Å². The summed E-state index contributed by atoms with van der Waals surface area (Å²) in [5.74, 6) is -0.541. The van der Waals surface area contributed by atoms with Crippen LogP contribution >= 0.6 is 0 Å². The van der Waals surface area contributed by atoms with Gasteiger partial charge in [0.25, 0.3) is 5.91 Å². The van der Waals surface area contributed by atoms with Crippen LogP contribution in [0, 0.1) is 0 Å². The van der Waals surface area contributed by atoms with Gasteiger partial charge in [-0.25, -0.2) is 18.4 Å². The number of hydrogen-bond acceptors (Lipinski definition) is 9. The molecule has 3 heterocycles. The fourth-order valence-corrected chi connectivity index (χ4v) is 4.71. The van der Waals surface area contributed by atoms with Crippen LogP contribution in [0.3, 0.4) is 0 Å². The number of amides is 1. The lowest BCUT2D eigenvalue weighted by atomic mass is 10.1. The van der Waals surface area contributed by atoms with E-state index in [2.05, 4.69) is 15.3 Å². The Morgan fingerprint density at radius 3 is 2.43 bits per heavy atom. The van der Waals surface area contributed by atoms with Gasteiger partial charge >= 0.3 is 0 Å². The second kappa shape index (κ2) is 12.2. The van der Waals surface area contributed by atoms with E-state index in [1.54, 1.807) is 24.3 Å². The van der Waals surface area contributed by atoms with Gasteiger partial charge in [-0.3, -0.25) is 4.79 Å². The van der Waals surface area contributed by atoms with Crippen molar-refractivity contribution in [1.82, 2.24) is 14.3 Å². The molecule has 2 aromatic carbocycles. The number of nitrogens with one attached hydrogen (secondary N) is 1. The summed E-state index contributed by atoms with van der Waals surface area (Å²) in [7, 11) is -2.22. The van der Waals surface area contributed by atoms with Crippen molar-refractivity contribution in [1.29, 1.82) is 0 Å². The van der Waals surface area contributed by atoms with Crippen LogP contribution in [0.2, 0.25) is 0 Å². The summed E-state index contributed by atoms with van der Waals surface area (Å²) < 4.78 is 43.7. The number of sulfonamides is 1. The van der Waals surface area contributed by atoms with Crippen molar-refractivity contribution >= 4 is 27.4 Å². The second-order valence-corrected chi connectivity index (χ2v) is 10.3. The zero-order valence-electron chi connectivity index (χ0n) is 20.4. The predicted octanol–water partition coefficient (Wildman–Crippen LogP) is 2.16. The molecule has 6 bridgehead atoms. The Bertz CT molecular complexity index is 1330. The van der Waals surface area contributed by atoms with Gasteiger partial charge in [-0.05, 0) is 29.8 Å². The third kappa shape index (κ3) is 6.87. The molecule has 0 spiro atoms. The van der Waals surface area contributed by atoms with E-state index in [1.807, 2.05) is 12.1 Å². The number of carbonyl (C=O) groups is 1. The van der Waals surface area contributed by atoms with Crippen LogP contribution in [0.1, 0.15) is 16.1 Å². The summed E-state index contributed by atoms with van der Waals surface area (Å²) in [6, 6.07) is 13.4. The molecule has 2 aliphatic rings. The monoisotopic (exact) mass is 527 g/mol. The van der Waals surface area contributed by atoms with Gasteiger partial charge in [0.05, 0.1) is 56.4 Å². The number of carbonyl (C=O) groups excluding carboxylic acids is 1. The van der Waals surface area contributed by atoms with Crippen LogP contribution in [0.4, 0.5) is 11.5 Å². The topological polar surface area (TPSA) is 146 Å². The molecular formula is C25H29N5O6S. The number of rotatable bonds is 0. The molecule has 0 radical (unpaired) electrons.